The standard InChI is InChI=1S/C12H14N2OS2/c1-3-14-7-6-13-12(14)16-8-10(15)11-5-4-9(2)17-11/h4-7H,3,8H2,1-2H3. The van der Waals surface area contributed by atoms with Crippen molar-refractivity contribution in [2.24, 2.45) is 0 Å². The van der Waals surface area contributed by atoms with Crippen LogP contribution in [0.15, 0.2) is 29.7 Å². The van der Waals surface area contributed by atoms with Gasteiger partial charge in [-0.2, -0.15) is 0 Å². The summed E-state index contributed by atoms with van der Waals surface area (Å²) in [6, 6.07) is 3.88. The molecule has 0 amide bonds. The molecule has 0 aromatic carbocycles. The van der Waals surface area contributed by atoms with E-state index in [9.17, 15) is 4.79 Å². The van der Waals surface area contributed by atoms with E-state index in [2.05, 4.69) is 11.9 Å². The largest absolute Gasteiger partial charge is 0.326 e. The van der Waals surface area contributed by atoms with Gasteiger partial charge in [-0.1, -0.05) is 11.8 Å². The number of aryl methyl sites for hydroxylation is 2. The fourth-order valence-corrected chi connectivity index (χ4v) is 3.27. The molecule has 2 aromatic rings. The van der Waals surface area contributed by atoms with E-state index in [0.29, 0.717) is 5.75 Å². The molecule has 2 heterocycles. The van der Waals surface area contributed by atoms with Gasteiger partial charge >= 0.3 is 0 Å². The molecule has 0 fully saturated rings. The predicted molar refractivity (Wildman–Crippen MR) is 72.0 cm³/mol. The number of carbonyl (C=O) groups excluding carboxylic acids is 1. The summed E-state index contributed by atoms with van der Waals surface area (Å²) in [5.74, 6) is 0.635. The summed E-state index contributed by atoms with van der Waals surface area (Å²) in [5, 5.41) is 0.911. The Morgan fingerprint density at radius 2 is 2.35 bits per heavy atom. The molecule has 0 N–H and O–H groups in total. The van der Waals surface area contributed by atoms with Crippen molar-refractivity contribution in [2.75, 3.05) is 5.75 Å². The van der Waals surface area contributed by atoms with Crippen molar-refractivity contribution in [1.82, 2.24) is 9.55 Å². The van der Waals surface area contributed by atoms with Gasteiger partial charge in [0.05, 0.1) is 10.6 Å². The molecule has 0 aliphatic carbocycles. The number of thiophene rings is 1. The molecule has 0 aliphatic rings. The van der Waals surface area contributed by atoms with Gasteiger partial charge < -0.3 is 4.57 Å². The van der Waals surface area contributed by atoms with E-state index in [4.69, 9.17) is 0 Å². The lowest BCUT2D eigenvalue weighted by Gasteiger charge is -2.02. The van der Waals surface area contributed by atoms with E-state index >= 15 is 0 Å². The first-order valence-electron chi connectivity index (χ1n) is 5.44. The molecule has 0 unspecified atom stereocenters. The van der Waals surface area contributed by atoms with Gasteiger partial charge in [0.15, 0.2) is 10.9 Å². The van der Waals surface area contributed by atoms with Crippen LogP contribution in [-0.4, -0.2) is 21.1 Å². The second kappa shape index (κ2) is 5.51. The number of thioether (sulfide) groups is 1. The highest BCUT2D eigenvalue weighted by molar-refractivity contribution is 7.99. The molecule has 0 atom stereocenters. The third kappa shape index (κ3) is 2.98. The monoisotopic (exact) mass is 266 g/mol. The number of imidazole rings is 1. The van der Waals surface area contributed by atoms with Gasteiger partial charge in [0.2, 0.25) is 0 Å². The molecular weight excluding hydrogens is 252 g/mol. The van der Waals surface area contributed by atoms with Crippen LogP contribution >= 0.6 is 23.1 Å². The summed E-state index contributed by atoms with van der Waals surface area (Å²) < 4.78 is 2.04. The minimum absolute atomic E-state index is 0.179. The average Bonchev–Trinajstić information content (AvgIpc) is 2.94. The molecule has 0 aliphatic heterocycles. The zero-order valence-corrected chi connectivity index (χ0v) is 11.5. The van der Waals surface area contributed by atoms with Gasteiger partial charge in [0.1, 0.15) is 0 Å². The first-order chi connectivity index (χ1) is 8.20. The number of ketones is 1. The normalized spacial score (nSPS) is 10.7. The van der Waals surface area contributed by atoms with Crippen LogP contribution in [0.3, 0.4) is 0 Å². The van der Waals surface area contributed by atoms with E-state index in [-0.39, 0.29) is 5.78 Å². The summed E-state index contributed by atoms with van der Waals surface area (Å²) >= 11 is 3.05. The number of carbonyl (C=O) groups is 1. The zero-order chi connectivity index (χ0) is 12.3. The van der Waals surface area contributed by atoms with Crippen LogP contribution in [0.25, 0.3) is 0 Å². The van der Waals surface area contributed by atoms with Crippen LogP contribution in [0.2, 0.25) is 0 Å². The lowest BCUT2D eigenvalue weighted by molar-refractivity contribution is 0.102. The van der Waals surface area contributed by atoms with Crippen molar-refractivity contribution in [1.29, 1.82) is 0 Å². The molecule has 90 valence electrons. The summed E-state index contributed by atoms with van der Waals surface area (Å²) in [6.07, 6.45) is 3.70. The summed E-state index contributed by atoms with van der Waals surface area (Å²) in [7, 11) is 0. The van der Waals surface area contributed by atoms with Gasteiger partial charge in [-0.15, -0.1) is 11.3 Å². The smallest absolute Gasteiger partial charge is 0.183 e. The number of rotatable bonds is 5. The van der Waals surface area contributed by atoms with E-state index < -0.39 is 0 Å². The maximum Gasteiger partial charge on any atom is 0.183 e. The summed E-state index contributed by atoms with van der Waals surface area (Å²) in [4.78, 5) is 18.2. The molecule has 5 heteroatoms. The van der Waals surface area contributed by atoms with Gasteiger partial charge in [0, 0.05) is 23.8 Å². The highest BCUT2D eigenvalue weighted by Gasteiger charge is 2.10. The van der Waals surface area contributed by atoms with Crippen molar-refractivity contribution >= 4 is 28.9 Å². The Morgan fingerprint density at radius 3 is 3.00 bits per heavy atom. The minimum atomic E-state index is 0.179. The summed E-state index contributed by atoms with van der Waals surface area (Å²) in [6.45, 7) is 4.96. The molecule has 17 heavy (non-hydrogen) atoms. The molecular formula is C12H14N2OS2. The quantitative estimate of drug-likeness (QED) is 0.615. The Hall–Kier alpha value is -1.07. The maximum absolute atomic E-state index is 11.9. The average molecular weight is 266 g/mol. The molecule has 0 bridgehead atoms. The van der Waals surface area contributed by atoms with E-state index in [1.54, 1.807) is 17.5 Å². The topological polar surface area (TPSA) is 34.9 Å². The van der Waals surface area contributed by atoms with Crippen LogP contribution in [0.1, 0.15) is 21.5 Å². The molecule has 0 spiro atoms. The van der Waals surface area contributed by atoms with Crippen molar-refractivity contribution < 1.29 is 4.79 Å². The molecule has 0 radical (unpaired) electrons. The Labute approximate surface area is 109 Å². The fraction of sp³-hybridized carbons (Fsp3) is 0.333. The first kappa shape index (κ1) is 12.4. The van der Waals surface area contributed by atoms with Crippen LogP contribution in [0.5, 0.6) is 0 Å². The first-order valence-corrected chi connectivity index (χ1v) is 7.24. The van der Waals surface area contributed by atoms with Crippen molar-refractivity contribution in [3.05, 3.63) is 34.3 Å². The van der Waals surface area contributed by atoms with E-state index in [1.165, 1.54) is 16.6 Å². The Bertz CT molecular complexity index is 516. The molecule has 0 saturated carbocycles. The maximum atomic E-state index is 11.9. The molecule has 2 aromatic heterocycles. The number of Topliss-reactive ketones (excluding diaryl/α,β-unsaturated/α-hetero) is 1. The van der Waals surface area contributed by atoms with Gasteiger partial charge in [-0.25, -0.2) is 4.98 Å². The molecule has 3 nitrogen and oxygen atoms in total. The zero-order valence-electron chi connectivity index (χ0n) is 9.84. The number of nitrogens with zero attached hydrogens (tertiary/aromatic N) is 2. The van der Waals surface area contributed by atoms with Crippen LogP contribution in [0.4, 0.5) is 0 Å². The Morgan fingerprint density at radius 1 is 1.53 bits per heavy atom. The Kier molecular flexibility index (Phi) is 4.02. The van der Waals surface area contributed by atoms with Gasteiger partial charge in [0.25, 0.3) is 0 Å². The van der Waals surface area contributed by atoms with Gasteiger partial charge in [-0.3, -0.25) is 4.79 Å². The third-order valence-corrected chi connectivity index (χ3v) is 4.41. The minimum Gasteiger partial charge on any atom is -0.326 e. The SMILES string of the molecule is CCn1ccnc1SCC(=O)c1ccc(C)s1. The Balaban J connectivity index is 1.97. The lowest BCUT2D eigenvalue weighted by atomic mass is 10.3. The highest BCUT2D eigenvalue weighted by atomic mass is 32.2. The van der Waals surface area contributed by atoms with Crippen molar-refractivity contribution in [2.45, 2.75) is 25.5 Å². The van der Waals surface area contributed by atoms with E-state index in [0.717, 1.165) is 16.6 Å². The second-order valence-electron chi connectivity index (χ2n) is 3.62. The highest BCUT2D eigenvalue weighted by Crippen LogP contribution is 2.21. The number of aromatic nitrogens is 2. The van der Waals surface area contributed by atoms with Crippen LogP contribution in [-0.2, 0) is 6.54 Å². The predicted octanol–water partition coefficient (Wildman–Crippen LogP) is 3.25. The lowest BCUT2D eigenvalue weighted by Crippen LogP contribution is -2.02. The number of hydrogen-bond acceptors (Lipinski definition) is 4. The molecule has 0 saturated heterocycles. The second-order valence-corrected chi connectivity index (χ2v) is 5.85. The number of hydrogen-bond donors (Lipinski definition) is 0. The van der Waals surface area contributed by atoms with Gasteiger partial charge in [-0.05, 0) is 26.0 Å². The molecule has 2 rings (SSSR count). The third-order valence-electron chi connectivity index (χ3n) is 2.37. The van der Waals surface area contributed by atoms with E-state index in [1.807, 2.05) is 29.8 Å². The van der Waals surface area contributed by atoms with Crippen LogP contribution in [0, 0.1) is 6.92 Å². The summed E-state index contributed by atoms with van der Waals surface area (Å²) in [5.41, 5.74) is 0. The van der Waals surface area contributed by atoms with Crippen LogP contribution < -0.4 is 0 Å². The van der Waals surface area contributed by atoms with Crippen molar-refractivity contribution in [3.8, 4) is 0 Å². The fourth-order valence-electron chi connectivity index (χ4n) is 1.46. The van der Waals surface area contributed by atoms with Crippen molar-refractivity contribution in [3.63, 3.8) is 0 Å².